The first-order valence-electron chi connectivity index (χ1n) is 5.93. The van der Waals surface area contributed by atoms with Gasteiger partial charge in [-0.25, -0.2) is 0 Å². The van der Waals surface area contributed by atoms with Crippen molar-refractivity contribution in [3.05, 3.63) is 0 Å². The van der Waals surface area contributed by atoms with E-state index in [-0.39, 0.29) is 25.7 Å². The van der Waals surface area contributed by atoms with E-state index in [0.717, 1.165) is 0 Å². The largest absolute Gasteiger partial charge is 0.481 e. The van der Waals surface area contributed by atoms with Crippen LogP contribution in [0.5, 0.6) is 0 Å². The van der Waals surface area contributed by atoms with Crippen LogP contribution in [0.4, 0.5) is 0 Å². The van der Waals surface area contributed by atoms with Crippen molar-refractivity contribution in [3.63, 3.8) is 0 Å². The summed E-state index contributed by atoms with van der Waals surface area (Å²) in [5, 5.41) is 17.1. The lowest BCUT2D eigenvalue weighted by Crippen LogP contribution is -2.23. The molecule has 0 aliphatic carbocycles. The highest BCUT2D eigenvalue weighted by atomic mass is 16.6. The van der Waals surface area contributed by atoms with Crippen LogP contribution < -0.4 is 0 Å². The predicted octanol–water partition coefficient (Wildman–Crippen LogP) is 1.06. The number of esters is 2. The molecule has 0 saturated carbocycles. The molecule has 2 unspecified atom stereocenters. The molecular weight excluding hydrogens is 256 g/mol. The minimum absolute atomic E-state index is 0.0799. The summed E-state index contributed by atoms with van der Waals surface area (Å²) in [7, 11) is 0. The van der Waals surface area contributed by atoms with Crippen LogP contribution >= 0.6 is 0 Å². The fraction of sp³-hybridized carbons (Fsp3) is 0.667. The van der Waals surface area contributed by atoms with E-state index in [4.69, 9.17) is 10.2 Å². The minimum Gasteiger partial charge on any atom is -0.481 e. The van der Waals surface area contributed by atoms with E-state index < -0.39 is 35.7 Å². The Morgan fingerprint density at radius 3 is 2.05 bits per heavy atom. The molecule has 0 rings (SSSR count). The molecule has 0 aliphatic rings. The summed E-state index contributed by atoms with van der Waals surface area (Å²) in [4.78, 5) is 43.5. The van der Waals surface area contributed by atoms with Gasteiger partial charge in [0, 0.05) is 12.8 Å². The van der Waals surface area contributed by atoms with Crippen molar-refractivity contribution >= 4 is 23.9 Å². The van der Waals surface area contributed by atoms with Gasteiger partial charge in [0.1, 0.15) is 0 Å². The zero-order valence-electron chi connectivity index (χ0n) is 10.9. The maximum atomic E-state index is 11.5. The zero-order valence-corrected chi connectivity index (χ0v) is 10.9. The fourth-order valence-corrected chi connectivity index (χ4v) is 1.38. The monoisotopic (exact) mass is 274 g/mol. The number of hydrogen-bond donors (Lipinski definition) is 2. The second-order valence-electron chi connectivity index (χ2n) is 4.42. The Kier molecular flexibility index (Phi) is 7.40. The van der Waals surface area contributed by atoms with E-state index >= 15 is 0 Å². The molecule has 0 amide bonds. The Bertz CT molecular complexity index is 361. The predicted molar refractivity (Wildman–Crippen MR) is 63.2 cm³/mol. The quantitative estimate of drug-likeness (QED) is 0.501. The molecule has 2 N–H and O–H groups in total. The highest BCUT2D eigenvalue weighted by molar-refractivity contribution is 5.87. The number of carboxylic acid groups (broad SMARTS) is 2. The first-order chi connectivity index (χ1) is 8.73. The fourth-order valence-electron chi connectivity index (χ4n) is 1.38. The highest BCUT2D eigenvalue weighted by Crippen LogP contribution is 2.14. The van der Waals surface area contributed by atoms with Crippen molar-refractivity contribution < 1.29 is 34.1 Å². The second kappa shape index (κ2) is 8.23. The molecule has 0 heterocycles. The Labute approximate surface area is 110 Å². The van der Waals surface area contributed by atoms with Crippen molar-refractivity contribution in [2.75, 3.05) is 0 Å². The van der Waals surface area contributed by atoms with Crippen LogP contribution in [0.15, 0.2) is 0 Å². The van der Waals surface area contributed by atoms with Crippen LogP contribution in [0.3, 0.4) is 0 Å². The van der Waals surface area contributed by atoms with Gasteiger partial charge in [0.2, 0.25) is 0 Å². The van der Waals surface area contributed by atoms with Crippen molar-refractivity contribution in [2.24, 2.45) is 11.8 Å². The zero-order chi connectivity index (χ0) is 15.0. The van der Waals surface area contributed by atoms with Crippen molar-refractivity contribution in [1.82, 2.24) is 0 Å². The summed E-state index contributed by atoms with van der Waals surface area (Å²) in [6.07, 6.45) is -0.147. The van der Waals surface area contributed by atoms with Gasteiger partial charge in [-0.3, -0.25) is 19.2 Å². The van der Waals surface area contributed by atoms with Crippen LogP contribution in [0.25, 0.3) is 0 Å². The number of rotatable bonds is 8. The molecule has 0 aliphatic heterocycles. The average molecular weight is 274 g/mol. The van der Waals surface area contributed by atoms with Gasteiger partial charge in [0.25, 0.3) is 0 Å². The van der Waals surface area contributed by atoms with E-state index in [1.165, 1.54) is 13.8 Å². The van der Waals surface area contributed by atoms with E-state index in [1.807, 2.05) is 0 Å². The van der Waals surface area contributed by atoms with Crippen LogP contribution in [-0.4, -0.2) is 34.1 Å². The molecule has 0 bridgehead atoms. The Balaban J connectivity index is 4.04. The van der Waals surface area contributed by atoms with Gasteiger partial charge in [-0.2, -0.15) is 0 Å². The molecule has 0 aromatic carbocycles. The number of ether oxygens (including phenoxy) is 1. The third kappa shape index (κ3) is 7.91. The first-order valence-corrected chi connectivity index (χ1v) is 5.93. The average Bonchev–Trinajstić information content (AvgIpc) is 2.27. The van der Waals surface area contributed by atoms with Gasteiger partial charge in [0.05, 0.1) is 11.8 Å². The van der Waals surface area contributed by atoms with E-state index in [2.05, 4.69) is 4.74 Å². The third-order valence-corrected chi connectivity index (χ3v) is 2.52. The molecular formula is C12H18O7. The summed E-state index contributed by atoms with van der Waals surface area (Å²) >= 11 is 0. The molecule has 7 heteroatoms. The highest BCUT2D eigenvalue weighted by Gasteiger charge is 2.23. The van der Waals surface area contributed by atoms with Crippen LogP contribution in [0, 0.1) is 11.8 Å². The second-order valence-corrected chi connectivity index (χ2v) is 4.42. The van der Waals surface area contributed by atoms with E-state index in [9.17, 15) is 19.2 Å². The maximum Gasteiger partial charge on any atom is 0.316 e. The summed E-state index contributed by atoms with van der Waals surface area (Å²) in [5.41, 5.74) is 0. The summed E-state index contributed by atoms with van der Waals surface area (Å²) in [6, 6.07) is 0. The summed E-state index contributed by atoms with van der Waals surface area (Å²) in [5.74, 6) is -5.02. The molecule has 0 aromatic rings. The van der Waals surface area contributed by atoms with E-state index in [0.29, 0.717) is 0 Å². The Morgan fingerprint density at radius 1 is 1.00 bits per heavy atom. The lowest BCUT2D eigenvalue weighted by molar-refractivity contribution is -0.162. The topological polar surface area (TPSA) is 118 Å². The normalized spacial score (nSPS) is 13.4. The number of hydrogen-bond acceptors (Lipinski definition) is 5. The van der Waals surface area contributed by atoms with Gasteiger partial charge in [-0.05, 0) is 12.8 Å². The number of carboxylic acids is 2. The number of carbonyl (C=O) groups is 4. The SMILES string of the molecule is CC(CC(C)C(=O)OC(=O)CCCC(=O)O)C(=O)O. The molecule has 0 aromatic heterocycles. The van der Waals surface area contributed by atoms with Gasteiger partial charge in [-0.1, -0.05) is 13.8 Å². The smallest absolute Gasteiger partial charge is 0.316 e. The molecule has 19 heavy (non-hydrogen) atoms. The number of carbonyl (C=O) groups excluding carboxylic acids is 2. The van der Waals surface area contributed by atoms with Gasteiger partial charge in [-0.15, -0.1) is 0 Å². The standard InChI is InChI=1S/C12H18O7/c1-7(11(16)17)6-8(2)12(18)19-10(15)5-3-4-9(13)14/h7-8H,3-6H2,1-2H3,(H,13,14)(H,16,17). The van der Waals surface area contributed by atoms with Crippen molar-refractivity contribution in [1.29, 1.82) is 0 Å². The van der Waals surface area contributed by atoms with Crippen molar-refractivity contribution in [3.8, 4) is 0 Å². The third-order valence-electron chi connectivity index (χ3n) is 2.52. The number of aliphatic carboxylic acids is 2. The van der Waals surface area contributed by atoms with Crippen molar-refractivity contribution in [2.45, 2.75) is 39.5 Å². The van der Waals surface area contributed by atoms with E-state index in [1.54, 1.807) is 0 Å². The summed E-state index contributed by atoms with van der Waals surface area (Å²) < 4.78 is 4.51. The lowest BCUT2D eigenvalue weighted by Gasteiger charge is -2.12. The van der Waals surface area contributed by atoms with Crippen LogP contribution in [0.1, 0.15) is 39.5 Å². The molecule has 0 fully saturated rings. The molecule has 0 spiro atoms. The molecule has 2 atom stereocenters. The maximum absolute atomic E-state index is 11.5. The van der Waals surface area contributed by atoms with Crippen LogP contribution in [-0.2, 0) is 23.9 Å². The molecule has 7 nitrogen and oxygen atoms in total. The Hall–Kier alpha value is -1.92. The molecule has 0 radical (unpaired) electrons. The first kappa shape index (κ1) is 17.1. The van der Waals surface area contributed by atoms with Gasteiger partial charge in [0.15, 0.2) is 0 Å². The minimum atomic E-state index is -1.03. The molecule has 0 saturated heterocycles. The van der Waals surface area contributed by atoms with Crippen LogP contribution in [0.2, 0.25) is 0 Å². The van der Waals surface area contributed by atoms with Gasteiger partial charge >= 0.3 is 23.9 Å². The Morgan fingerprint density at radius 2 is 1.58 bits per heavy atom. The van der Waals surface area contributed by atoms with Gasteiger partial charge < -0.3 is 14.9 Å². The summed E-state index contributed by atoms with van der Waals surface area (Å²) in [6.45, 7) is 2.94. The molecule has 108 valence electrons. The lowest BCUT2D eigenvalue weighted by atomic mass is 9.98.